The highest BCUT2D eigenvalue weighted by molar-refractivity contribution is 9.10. The van der Waals surface area contributed by atoms with E-state index in [4.69, 9.17) is 11.6 Å². The molecule has 0 unspecified atom stereocenters. The van der Waals surface area contributed by atoms with Gasteiger partial charge >= 0.3 is 0 Å². The maximum atomic E-state index is 12.5. The van der Waals surface area contributed by atoms with Gasteiger partial charge in [-0.15, -0.1) is 0 Å². The van der Waals surface area contributed by atoms with E-state index in [-0.39, 0.29) is 23.2 Å². The van der Waals surface area contributed by atoms with Crippen molar-refractivity contribution in [1.82, 2.24) is 4.90 Å². The molecule has 1 aliphatic rings. The Morgan fingerprint density at radius 1 is 1.26 bits per heavy atom. The Morgan fingerprint density at radius 3 is 2.67 bits per heavy atom. The summed E-state index contributed by atoms with van der Waals surface area (Å²) in [6.45, 7) is 2.50. The van der Waals surface area contributed by atoms with Crippen molar-refractivity contribution in [3.8, 4) is 0 Å². The highest BCUT2D eigenvalue weighted by Gasteiger charge is 2.26. The predicted octanol–water partition coefficient (Wildman–Crippen LogP) is 4.86. The highest BCUT2D eigenvalue weighted by Crippen LogP contribution is 2.28. The Balaban J connectivity index is 1.56. The number of nitrogens with one attached hydrogen (secondary N) is 1. The maximum absolute atomic E-state index is 12.5. The van der Waals surface area contributed by atoms with Crippen molar-refractivity contribution in [2.24, 2.45) is 5.92 Å². The number of nitro benzene ring substituents is 1. The average Bonchev–Trinajstić information content (AvgIpc) is 2.64. The Morgan fingerprint density at radius 2 is 2.00 bits per heavy atom. The second-order valence-corrected chi connectivity index (χ2v) is 7.91. The first kappa shape index (κ1) is 19.8. The molecule has 0 atom stereocenters. The van der Waals surface area contributed by atoms with Gasteiger partial charge in [0.05, 0.1) is 15.6 Å². The third-order valence-corrected chi connectivity index (χ3v) is 5.50. The first-order valence-electron chi connectivity index (χ1n) is 8.64. The minimum absolute atomic E-state index is 0.0986. The number of hydrogen-bond acceptors (Lipinski definition) is 4. The van der Waals surface area contributed by atoms with Crippen LogP contribution in [0.1, 0.15) is 18.4 Å². The highest BCUT2D eigenvalue weighted by atomic mass is 79.9. The lowest BCUT2D eigenvalue weighted by Gasteiger charge is -2.31. The zero-order chi connectivity index (χ0) is 19.4. The second kappa shape index (κ2) is 8.82. The van der Waals surface area contributed by atoms with Gasteiger partial charge in [0, 0.05) is 29.1 Å². The van der Waals surface area contributed by atoms with Gasteiger partial charge in [-0.1, -0.05) is 39.7 Å². The van der Waals surface area contributed by atoms with Crippen molar-refractivity contribution >= 4 is 44.8 Å². The van der Waals surface area contributed by atoms with Gasteiger partial charge in [-0.2, -0.15) is 0 Å². The molecule has 1 saturated heterocycles. The van der Waals surface area contributed by atoms with E-state index in [1.807, 2.05) is 12.1 Å². The van der Waals surface area contributed by atoms with Gasteiger partial charge in [0.15, 0.2) is 0 Å². The number of carbonyl (C=O) groups excluding carboxylic acids is 1. The van der Waals surface area contributed by atoms with Gasteiger partial charge in [-0.05, 0) is 49.7 Å². The summed E-state index contributed by atoms with van der Waals surface area (Å²) in [6, 6.07) is 12.2. The molecule has 1 N–H and O–H groups in total. The number of nitro groups is 1. The molecule has 0 aromatic heterocycles. The molecule has 3 rings (SSSR count). The molecule has 27 heavy (non-hydrogen) atoms. The minimum Gasteiger partial charge on any atom is -0.324 e. The van der Waals surface area contributed by atoms with Crippen molar-refractivity contribution in [3.05, 3.63) is 67.6 Å². The van der Waals surface area contributed by atoms with Crippen molar-refractivity contribution in [3.63, 3.8) is 0 Å². The standard InChI is InChI=1S/C19H19BrClN3O3/c20-15-3-1-2-13(10-15)12-23-8-6-14(7-9-23)19(25)22-18-11-16(24(26)27)4-5-17(18)21/h1-5,10-11,14H,6-9,12H2,(H,22,25). The molecule has 1 aliphatic heterocycles. The fraction of sp³-hybridized carbons (Fsp3) is 0.316. The number of likely N-dealkylation sites (tertiary alicyclic amines) is 1. The third-order valence-electron chi connectivity index (χ3n) is 4.67. The van der Waals surface area contributed by atoms with E-state index in [0.29, 0.717) is 5.02 Å². The van der Waals surface area contributed by atoms with Gasteiger partial charge < -0.3 is 5.32 Å². The molecule has 142 valence electrons. The first-order chi connectivity index (χ1) is 12.9. The van der Waals surface area contributed by atoms with Crippen LogP contribution in [-0.2, 0) is 11.3 Å². The van der Waals surface area contributed by atoms with E-state index in [2.05, 4.69) is 38.3 Å². The van der Waals surface area contributed by atoms with Crippen LogP contribution in [0.5, 0.6) is 0 Å². The van der Waals surface area contributed by atoms with E-state index in [1.54, 1.807) is 0 Å². The molecular weight excluding hydrogens is 434 g/mol. The first-order valence-corrected chi connectivity index (χ1v) is 9.81. The fourth-order valence-electron chi connectivity index (χ4n) is 3.20. The van der Waals surface area contributed by atoms with Crippen LogP contribution >= 0.6 is 27.5 Å². The molecule has 0 spiro atoms. The average molecular weight is 453 g/mol. The molecule has 1 fully saturated rings. The van der Waals surface area contributed by atoms with Gasteiger partial charge in [0.25, 0.3) is 5.69 Å². The molecule has 0 aliphatic carbocycles. The lowest BCUT2D eigenvalue weighted by Crippen LogP contribution is -2.37. The van der Waals surface area contributed by atoms with Crippen LogP contribution in [0.25, 0.3) is 0 Å². The van der Waals surface area contributed by atoms with Crippen LogP contribution in [0.15, 0.2) is 46.9 Å². The van der Waals surface area contributed by atoms with Gasteiger partial charge in [-0.25, -0.2) is 0 Å². The molecular formula is C19H19BrClN3O3. The smallest absolute Gasteiger partial charge is 0.271 e. The summed E-state index contributed by atoms with van der Waals surface area (Å²) in [7, 11) is 0. The van der Waals surface area contributed by atoms with Crippen molar-refractivity contribution in [2.75, 3.05) is 18.4 Å². The van der Waals surface area contributed by atoms with Crippen molar-refractivity contribution in [1.29, 1.82) is 0 Å². The normalized spacial score (nSPS) is 15.5. The number of nitrogens with zero attached hydrogens (tertiary/aromatic N) is 2. The molecule has 2 aromatic rings. The summed E-state index contributed by atoms with van der Waals surface area (Å²) in [4.78, 5) is 25.3. The molecule has 8 heteroatoms. The molecule has 0 radical (unpaired) electrons. The van der Waals surface area contributed by atoms with Crippen LogP contribution < -0.4 is 5.32 Å². The molecule has 0 bridgehead atoms. The third kappa shape index (κ3) is 5.28. The van der Waals surface area contributed by atoms with E-state index < -0.39 is 4.92 Å². The Labute approximate surface area is 170 Å². The largest absolute Gasteiger partial charge is 0.324 e. The van der Waals surface area contributed by atoms with E-state index in [1.165, 1.54) is 23.8 Å². The summed E-state index contributed by atoms with van der Waals surface area (Å²) in [5, 5.41) is 13.9. The van der Waals surface area contributed by atoms with Crippen LogP contribution in [0, 0.1) is 16.0 Å². The minimum atomic E-state index is -0.508. The Kier molecular flexibility index (Phi) is 6.46. The number of amides is 1. The number of piperidine rings is 1. The van der Waals surface area contributed by atoms with Gasteiger partial charge in [-0.3, -0.25) is 19.8 Å². The summed E-state index contributed by atoms with van der Waals surface area (Å²) in [6.07, 6.45) is 1.48. The van der Waals surface area contributed by atoms with Crippen LogP contribution in [0.3, 0.4) is 0 Å². The predicted molar refractivity (Wildman–Crippen MR) is 109 cm³/mol. The van der Waals surface area contributed by atoms with E-state index in [9.17, 15) is 14.9 Å². The van der Waals surface area contributed by atoms with E-state index in [0.717, 1.165) is 36.9 Å². The summed E-state index contributed by atoms with van der Waals surface area (Å²) in [5.74, 6) is -0.265. The number of anilines is 1. The number of halogens is 2. The lowest BCUT2D eigenvalue weighted by atomic mass is 9.95. The van der Waals surface area contributed by atoms with E-state index >= 15 is 0 Å². The summed E-state index contributed by atoms with van der Waals surface area (Å²) in [5.41, 5.74) is 1.42. The number of benzene rings is 2. The SMILES string of the molecule is O=C(Nc1cc([N+](=O)[O-])ccc1Cl)C1CCN(Cc2cccc(Br)c2)CC1. The van der Waals surface area contributed by atoms with Crippen LogP contribution in [-0.4, -0.2) is 28.8 Å². The number of rotatable bonds is 5. The summed E-state index contributed by atoms with van der Waals surface area (Å²) >= 11 is 9.54. The van der Waals surface area contributed by atoms with Crippen LogP contribution in [0.4, 0.5) is 11.4 Å². The molecule has 0 saturated carbocycles. The van der Waals surface area contributed by atoms with Gasteiger partial charge in [0.2, 0.25) is 5.91 Å². The number of hydrogen-bond donors (Lipinski definition) is 1. The lowest BCUT2D eigenvalue weighted by molar-refractivity contribution is -0.384. The monoisotopic (exact) mass is 451 g/mol. The fourth-order valence-corrected chi connectivity index (χ4v) is 3.82. The zero-order valence-electron chi connectivity index (χ0n) is 14.5. The molecule has 1 heterocycles. The van der Waals surface area contributed by atoms with Crippen molar-refractivity contribution < 1.29 is 9.72 Å². The zero-order valence-corrected chi connectivity index (χ0v) is 16.9. The van der Waals surface area contributed by atoms with Crippen LogP contribution in [0.2, 0.25) is 5.02 Å². The maximum Gasteiger partial charge on any atom is 0.271 e. The quantitative estimate of drug-likeness (QED) is 0.519. The molecule has 1 amide bonds. The number of carbonyl (C=O) groups is 1. The summed E-state index contributed by atoms with van der Waals surface area (Å²) < 4.78 is 1.06. The molecule has 6 nitrogen and oxygen atoms in total. The topological polar surface area (TPSA) is 75.5 Å². The second-order valence-electron chi connectivity index (χ2n) is 6.59. The number of non-ortho nitro benzene ring substituents is 1. The van der Waals surface area contributed by atoms with Gasteiger partial charge in [0.1, 0.15) is 0 Å². The molecule has 2 aromatic carbocycles. The Bertz CT molecular complexity index is 854. The van der Waals surface area contributed by atoms with Crippen molar-refractivity contribution in [2.45, 2.75) is 19.4 Å². The Hall–Kier alpha value is -1.96.